The zero-order valence-corrected chi connectivity index (χ0v) is 23.3. The number of nitrogens with two attached hydrogens (primary N) is 3. The molecule has 0 aliphatic carbocycles. The maximum absolute atomic E-state index is 13.5. The highest BCUT2D eigenvalue weighted by molar-refractivity contribution is 6.30. The van der Waals surface area contributed by atoms with E-state index in [-0.39, 0.29) is 11.9 Å². The van der Waals surface area contributed by atoms with E-state index in [0.29, 0.717) is 24.5 Å². The third-order valence-electron chi connectivity index (χ3n) is 7.21. The molecular formula is C29H42ClN7O. The smallest absolute Gasteiger partial charge is 0.240 e. The highest BCUT2D eigenvalue weighted by Crippen LogP contribution is 2.22. The summed E-state index contributed by atoms with van der Waals surface area (Å²) in [5.41, 5.74) is 21.0. The Morgan fingerprint density at radius 2 is 2.00 bits per heavy atom. The van der Waals surface area contributed by atoms with E-state index in [0.717, 1.165) is 50.0 Å². The fraction of sp³-hybridized carbons (Fsp3) is 0.448. The average molecular weight is 540 g/mol. The fourth-order valence-corrected chi connectivity index (χ4v) is 5.42. The fourth-order valence-electron chi connectivity index (χ4n) is 5.20. The van der Waals surface area contributed by atoms with Crippen LogP contribution in [0.25, 0.3) is 10.9 Å². The highest BCUT2D eigenvalue weighted by atomic mass is 35.5. The number of aromatic amines is 1. The number of hydrogen-bond acceptors (Lipinski definition) is 5. The van der Waals surface area contributed by atoms with Gasteiger partial charge in [-0.2, -0.15) is 0 Å². The van der Waals surface area contributed by atoms with E-state index in [9.17, 15) is 4.79 Å². The van der Waals surface area contributed by atoms with Crippen molar-refractivity contribution < 1.29 is 4.79 Å². The number of aromatic nitrogens is 1. The van der Waals surface area contributed by atoms with Crippen LogP contribution in [-0.4, -0.2) is 78.9 Å². The second-order valence-corrected chi connectivity index (χ2v) is 10.1. The van der Waals surface area contributed by atoms with Gasteiger partial charge in [-0.15, -0.1) is 0 Å². The van der Waals surface area contributed by atoms with Crippen LogP contribution in [0.3, 0.4) is 0 Å². The summed E-state index contributed by atoms with van der Waals surface area (Å²) in [4.78, 5) is 25.5. The molecule has 0 saturated carbocycles. The minimum Gasteiger partial charge on any atom is -0.390 e. The Balaban J connectivity index is 0.00000195. The van der Waals surface area contributed by atoms with Crippen LogP contribution in [0, 0.1) is 6.92 Å². The predicted molar refractivity (Wildman–Crippen MR) is 159 cm³/mol. The lowest BCUT2D eigenvalue weighted by molar-refractivity contribution is -0.137. The SMILES string of the molecule is CN.Cc1cc(Cl)ccc1C[C@@H](N)C(=O)N1CCN(CCc2c[nH]c3ccccc23)C[C@@H]1CCCN=CN. The summed E-state index contributed by atoms with van der Waals surface area (Å²) in [6.07, 6.45) is 6.69. The number of halogens is 1. The molecule has 2 atom stereocenters. The van der Waals surface area contributed by atoms with Crippen molar-refractivity contribution >= 4 is 34.7 Å². The second-order valence-electron chi connectivity index (χ2n) is 9.67. The predicted octanol–water partition coefficient (Wildman–Crippen LogP) is 3.10. The van der Waals surface area contributed by atoms with Gasteiger partial charge in [0.05, 0.1) is 12.4 Å². The first-order chi connectivity index (χ1) is 18.5. The molecule has 1 amide bonds. The van der Waals surface area contributed by atoms with Crippen molar-refractivity contribution in [2.45, 2.75) is 44.7 Å². The van der Waals surface area contributed by atoms with Crippen molar-refractivity contribution in [1.82, 2.24) is 14.8 Å². The molecule has 0 spiro atoms. The van der Waals surface area contributed by atoms with Crippen molar-refractivity contribution in [1.29, 1.82) is 0 Å². The topological polar surface area (TPSA) is 130 Å². The first-order valence-electron chi connectivity index (χ1n) is 13.3. The van der Waals surface area contributed by atoms with Crippen LogP contribution >= 0.6 is 11.6 Å². The zero-order chi connectivity index (χ0) is 27.5. The molecule has 9 heteroatoms. The molecule has 1 aliphatic rings. The van der Waals surface area contributed by atoms with Gasteiger partial charge in [0, 0.05) is 60.9 Å². The van der Waals surface area contributed by atoms with E-state index in [2.05, 4.69) is 51.1 Å². The molecule has 4 rings (SSSR count). The van der Waals surface area contributed by atoms with E-state index in [4.69, 9.17) is 23.1 Å². The summed E-state index contributed by atoms with van der Waals surface area (Å²) >= 11 is 6.10. The van der Waals surface area contributed by atoms with Gasteiger partial charge in [-0.1, -0.05) is 35.9 Å². The summed E-state index contributed by atoms with van der Waals surface area (Å²) in [6.45, 7) is 6.00. The number of fused-ring (bicyclic) bond motifs is 1. The Labute approximate surface area is 231 Å². The molecule has 8 nitrogen and oxygen atoms in total. The quantitative estimate of drug-likeness (QED) is 0.179. The summed E-state index contributed by atoms with van der Waals surface area (Å²) in [6, 6.07) is 13.7. The Morgan fingerprint density at radius 1 is 1.21 bits per heavy atom. The Kier molecular flexibility index (Phi) is 11.6. The lowest BCUT2D eigenvalue weighted by Crippen LogP contribution is -2.59. The number of amides is 1. The molecular weight excluding hydrogens is 498 g/mol. The standard InChI is InChI=1S/C28H37ClN6O.CH5N/c1-20-15-23(29)9-8-21(20)16-26(31)28(36)35-14-13-34(18-24(35)5-4-11-32-19-30)12-10-22-17-33-27-7-3-2-6-25(22)27;1-2/h2-3,6-9,15,17,19,24,26,33H,4-5,10-14,16,18,31H2,1H3,(H2,30,32);2H2,1H3/t24-,26+;/m0./s1. The summed E-state index contributed by atoms with van der Waals surface area (Å²) in [7, 11) is 1.50. The maximum Gasteiger partial charge on any atom is 0.240 e. The largest absolute Gasteiger partial charge is 0.390 e. The van der Waals surface area contributed by atoms with Gasteiger partial charge in [-0.25, -0.2) is 0 Å². The van der Waals surface area contributed by atoms with Crippen LogP contribution in [0.5, 0.6) is 0 Å². The van der Waals surface area contributed by atoms with E-state index in [1.165, 1.54) is 29.9 Å². The van der Waals surface area contributed by atoms with E-state index in [1.807, 2.05) is 30.0 Å². The van der Waals surface area contributed by atoms with Gasteiger partial charge < -0.3 is 27.1 Å². The number of carbonyl (C=O) groups is 1. The Hall–Kier alpha value is -2.91. The molecule has 1 aromatic heterocycles. The number of aryl methyl sites for hydroxylation is 1. The average Bonchev–Trinajstić information content (AvgIpc) is 3.35. The third-order valence-corrected chi connectivity index (χ3v) is 7.45. The van der Waals surface area contributed by atoms with Crippen molar-refractivity contribution in [3.63, 3.8) is 0 Å². The van der Waals surface area contributed by atoms with Gasteiger partial charge in [0.2, 0.25) is 5.91 Å². The number of rotatable bonds is 10. The lowest BCUT2D eigenvalue weighted by Gasteiger charge is -2.42. The molecule has 206 valence electrons. The molecule has 1 saturated heterocycles. The zero-order valence-electron chi connectivity index (χ0n) is 22.6. The van der Waals surface area contributed by atoms with Gasteiger partial charge in [0.1, 0.15) is 0 Å². The molecule has 1 aliphatic heterocycles. The maximum atomic E-state index is 13.5. The van der Waals surface area contributed by atoms with Crippen molar-refractivity contribution in [2.24, 2.45) is 22.2 Å². The number of piperazine rings is 1. The normalized spacial score (nSPS) is 17.0. The third kappa shape index (κ3) is 7.80. The second kappa shape index (κ2) is 14.9. The number of carbonyl (C=O) groups excluding carboxylic acids is 1. The van der Waals surface area contributed by atoms with Crippen LogP contribution in [0.4, 0.5) is 0 Å². The van der Waals surface area contributed by atoms with Crippen LogP contribution in [-0.2, 0) is 17.6 Å². The Bertz CT molecular complexity index is 1190. The van der Waals surface area contributed by atoms with E-state index in [1.54, 1.807) is 0 Å². The molecule has 2 aromatic carbocycles. The van der Waals surface area contributed by atoms with E-state index < -0.39 is 6.04 Å². The molecule has 3 aromatic rings. The minimum atomic E-state index is -0.577. The van der Waals surface area contributed by atoms with Gasteiger partial charge in [0.15, 0.2) is 0 Å². The van der Waals surface area contributed by atoms with Crippen molar-refractivity contribution in [3.8, 4) is 0 Å². The Morgan fingerprint density at radius 3 is 2.76 bits per heavy atom. The number of hydrogen-bond donors (Lipinski definition) is 4. The van der Waals surface area contributed by atoms with Crippen LogP contribution in [0.2, 0.25) is 5.02 Å². The van der Waals surface area contributed by atoms with Crippen LogP contribution < -0.4 is 17.2 Å². The first-order valence-corrected chi connectivity index (χ1v) is 13.7. The summed E-state index contributed by atoms with van der Waals surface area (Å²) < 4.78 is 0. The van der Waals surface area contributed by atoms with Gasteiger partial charge in [-0.3, -0.25) is 14.7 Å². The molecule has 0 unspecified atom stereocenters. The first kappa shape index (κ1) is 29.6. The summed E-state index contributed by atoms with van der Waals surface area (Å²) in [5, 5.41) is 1.98. The van der Waals surface area contributed by atoms with Gasteiger partial charge >= 0.3 is 0 Å². The van der Waals surface area contributed by atoms with Crippen LogP contribution in [0.15, 0.2) is 53.7 Å². The van der Waals surface area contributed by atoms with E-state index >= 15 is 0 Å². The molecule has 0 bridgehead atoms. The number of para-hydroxylation sites is 1. The number of aliphatic imine (C=N–C) groups is 1. The number of benzene rings is 2. The lowest BCUT2D eigenvalue weighted by atomic mass is 9.98. The van der Waals surface area contributed by atoms with Gasteiger partial charge in [-0.05, 0) is 74.5 Å². The minimum absolute atomic E-state index is 0.0213. The monoisotopic (exact) mass is 539 g/mol. The van der Waals surface area contributed by atoms with Crippen molar-refractivity contribution in [3.05, 3.63) is 70.4 Å². The molecule has 0 radical (unpaired) electrons. The number of nitrogens with zero attached hydrogens (tertiary/aromatic N) is 3. The molecule has 1 fully saturated rings. The van der Waals surface area contributed by atoms with Gasteiger partial charge in [0.25, 0.3) is 0 Å². The van der Waals surface area contributed by atoms with Crippen molar-refractivity contribution in [2.75, 3.05) is 39.8 Å². The molecule has 2 heterocycles. The molecule has 38 heavy (non-hydrogen) atoms. The van der Waals surface area contributed by atoms with Crippen LogP contribution in [0.1, 0.15) is 29.5 Å². The molecule has 7 N–H and O–H groups in total. The number of nitrogens with one attached hydrogen (secondary N) is 1. The summed E-state index contributed by atoms with van der Waals surface area (Å²) in [5.74, 6) is 0.0213. The highest BCUT2D eigenvalue weighted by Gasteiger charge is 2.32. The number of H-pyrrole nitrogens is 1.